The average Bonchev–Trinajstić information content (AvgIpc) is 2.57. The van der Waals surface area contributed by atoms with Gasteiger partial charge in [-0.2, -0.15) is 0 Å². The summed E-state index contributed by atoms with van der Waals surface area (Å²) in [5, 5.41) is 12.4. The van der Waals surface area contributed by atoms with Crippen molar-refractivity contribution in [2.24, 2.45) is 0 Å². The van der Waals surface area contributed by atoms with E-state index < -0.39 is 18.6 Å². The van der Waals surface area contributed by atoms with Crippen LogP contribution in [0.3, 0.4) is 0 Å². The second-order valence-electron chi connectivity index (χ2n) is 5.31. The van der Waals surface area contributed by atoms with Crippen molar-refractivity contribution in [3.05, 3.63) is 22.7 Å². The Hall–Kier alpha value is -0.860. The number of nitrogens with one attached hydrogen (secondary N) is 1. The largest absolute Gasteiger partial charge is 0.493 e. The van der Waals surface area contributed by atoms with Gasteiger partial charge in [-0.1, -0.05) is 17.7 Å². The molecule has 138 valence electrons. The molecule has 1 aromatic rings. The Morgan fingerprint density at radius 2 is 1.92 bits per heavy atom. The lowest BCUT2D eigenvalue weighted by Gasteiger charge is -2.39. The first-order chi connectivity index (χ1) is 11.0. The number of halogens is 4. The molecule has 1 heterocycles. The summed E-state index contributed by atoms with van der Waals surface area (Å²) < 4.78 is 39.2. The SMILES string of the molecule is COc1ccc([C@@H](N2CCNCC2)C(F)(F)CO)c(Cl)c1OC.Cl. The zero-order valence-corrected chi connectivity index (χ0v) is 15.1. The molecule has 24 heavy (non-hydrogen) atoms. The van der Waals surface area contributed by atoms with E-state index in [9.17, 15) is 13.9 Å². The van der Waals surface area contributed by atoms with Crippen LogP contribution in [0.2, 0.25) is 5.02 Å². The Kier molecular flexibility index (Phi) is 7.95. The van der Waals surface area contributed by atoms with Crippen LogP contribution in [0.25, 0.3) is 0 Å². The van der Waals surface area contributed by atoms with E-state index in [2.05, 4.69) is 5.32 Å². The minimum absolute atomic E-state index is 0. The fourth-order valence-corrected chi connectivity index (χ4v) is 3.17. The molecule has 0 spiro atoms. The van der Waals surface area contributed by atoms with Crippen molar-refractivity contribution in [3.63, 3.8) is 0 Å². The molecule has 1 aromatic carbocycles. The van der Waals surface area contributed by atoms with Crippen molar-refractivity contribution in [3.8, 4) is 11.5 Å². The van der Waals surface area contributed by atoms with E-state index in [0.29, 0.717) is 31.9 Å². The summed E-state index contributed by atoms with van der Waals surface area (Å²) in [6, 6.07) is 1.71. The Bertz CT molecular complexity index is 544. The van der Waals surface area contributed by atoms with Gasteiger partial charge in [0.15, 0.2) is 11.5 Å². The summed E-state index contributed by atoms with van der Waals surface area (Å²) in [5.74, 6) is -2.76. The first-order valence-electron chi connectivity index (χ1n) is 7.30. The predicted molar refractivity (Wildman–Crippen MR) is 91.0 cm³/mol. The molecule has 2 N–H and O–H groups in total. The third kappa shape index (κ3) is 4.21. The number of methoxy groups -OCH3 is 2. The van der Waals surface area contributed by atoms with Crippen molar-refractivity contribution >= 4 is 24.0 Å². The van der Waals surface area contributed by atoms with E-state index in [1.165, 1.54) is 20.3 Å². The second kappa shape index (κ2) is 9.01. The maximum atomic E-state index is 14.4. The number of alkyl halides is 2. The molecule has 5 nitrogen and oxygen atoms in total. The molecule has 0 unspecified atom stereocenters. The van der Waals surface area contributed by atoms with Gasteiger partial charge in [0, 0.05) is 26.2 Å². The molecule has 0 saturated carbocycles. The van der Waals surface area contributed by atoms with Gasteiger partial charge < -0.3 is 19.9 Å². The Morgan fingerprint density at radius 3 is 2.42 bits per heavy atom. The molecule has 0 aromatic heterocycles. The minimum atomic E-state index is -3.33. The summed E-state index contributed by atoms with van der Waals surface area (Å²) in [6.45, 7) is 0.813. The highest BCUT2D eigenvalue weighted by molar-refractivity contribution is 6.33. The topological polar surface area (TPSA) is 54.0 Å². The molecule has 2 rings (SSSR count). The van der Waals surface area contributed by atoms with Crippen LogP contribution in [0.5, 0.6) is 11.5 Å². The monoisotopic (exact) mass is 386 g/mol. The number of aliphatic hydroxyl groups excluding tert-OH is 1. The molecular weight excluding hydrogens is 365 g/mol. The Morgan fingerprint density at radius 1 is 1.29 bits per heavy atom. The highest BCUT2D eigenvalue weighted by Crippen LogP contribution is 2.45. The van der Waals surface area contributed by atoms with E-state index in [4.69, 9.17) is 21.1 Å². The molecule has 1 aliphatic rings. The van der Waals surface area contributed by atoms with Crippen LogP contribution in [0.4, 0.5) is 8.78 Å². The number of nitrogens with zero attached hydrogens (tertiary/aromatic N) is 1. The first-order valence-corrected chi connectivity index (χ1v) is 7.68. The van der Waals surface area contributed by atoms with Gasteiger partial charge in [0.1, 0.15) is 12.6 Å². The van der Waals surface area contributed by atoms with Crippen LogP contribution in [0.15, 0.2) is 12.1 Å². The van der Waals surface area contributed by atoms with Crippen LogP contribution < -0.4 is 14.8 Å². The second-order valence-corrected chi connectivity index (χ2v) is 5.69. The van der Waals surface area contributed by atoms with Crippen LogP contribution in [-0.2, 0) is 0 Å². The van der Waals surface area contributed by atoms with Crippen LogP contribution in [-0.4, -0.2) is 62.9 Å². The molecular formula is C15H22Cl2F2N2O3. The van der Waals surface area contributed by atoms with Gasteiger partial charge in [-0.05, 0) is 11.6 Å². The number of aliphatic hydroxyl groups is 1. The van der Waals surface area contributed by atoms with Crippen molar-refractivity contribution in [2.45, 2.75) is 12.0 Å². The molecule has 0 amide bonds. The molecule has 1 saturated heterocycles. The van der Waals surface area contributed by atoms with Crippen LogP contribution >= 0.6 is 24.0 Å². The van der Waals surface area contributed by atoms with Crippen LogP contribution in [0.1, 0.15) is 11.6 Å². The fraction of sp³-hybridized carbons (Fsp3) is 0.600. The standard InChI is InChI=1S/C15H21ClF2N2O3.ClH/c1-22-11-4-3-10(12(16)13(11)23-2)14(15(17,18)9-21)20-7-5-19-6-8-20;/h3-4,14,19,21H,5-9H2,1-2H3;1H/t14-;/m1./s1. The molecule has 0 aliphatic carbocycles. The average molecular weight is 387 g/mol. The fourth-order valence-electron chi connectivity index (χ4n) is 2.83. The summed E-state index contributed by atoms with van der Waals surface area (Å²) >= 11 is 6.31. The van der Waals surface area contributed by atoms with Gasteiger partial charge in [0.2, 0.25) is 0 Å². The first kappa shape index (κ1) is 21.2. The van der Waals surface area contributed by atoms with Gasteiger partial charge in [-0.25, -0.2) is 8.78 Å². The normalized spacial score (nSPS) is 17.1. The number of ether oxygens (including phenoxy) is 2. The van der Waals surface area contributed by atoms with Gasteiger partial charge in [-0.3, -0.25) is 4.90 Å². The van der Waals surface area contributed by atoms with E-state index in [1.807, 2.05) is 0 Å². The maximum Gasteiger partial charge on any atom is 0.289 e. The molecule has 1 fully saturated rings. The number of hydrogen-bond donors (Lipinski definition) is 2. The van der Waals surface area contributed by atoms with E-state index in [1.54, 1.807) is 11.0 Å². The van der Waals surface area contributed by atoms with Gasteiger partial charge >= 0.3 is 0 Å². The summed E-state index contributed by atoms with van der Waals surface area (Å²) in [4.78, 5) is 1.62. The van der Waals surface area contributed by atoms with Gasteiger partial charge in [0.25, 0.3) is 5.92 Å². The summed E-state index contributed by atoms with van der Waals surface area (Å²) in [6.07, 6.45) is 0. The van der Waals surface area contributed by atoms with E-state index in [0.717, 1.165) is 0 Å². The number of hydrogen-bond acceptors (Lipinski definition) is 5. The third-order valence-corrected chi connectivity index (χ3v) is 4.33. The number of piperazine rings is 1. The highest BCUT2D eigenvalue weighted by Gasteiger charge is 2.45. The lowest BCUT2D eigenvalue weighted by Crippen LogP contribution is -2.51. The third-order valence-electron chi connectivity index (χ3n) is 3.94. The van der Waals surface area contributed by atoms with E-state index >= 15 is 0 Å². The number of rotatable bonds is 6. The molecule has 1 atom stereocenters. The predicted octanol–water partition coefficient (Wildman–Crippen LogP) is 2.35. The quantitative estimate of drug-likeness (QED) is 0.785. The van der Waals surface area contributed by atoms with E-state index in [-0.39, 0.29) is 28.7 Å². The lowest BCUT2D eigenvalue weighted by atomic mass is 9.97. The maximum absolute atomic E-state index is 14.4. The highest BCUT2D eigenvalue weighted by atomic mass is 35.5. The Balaban J connectivity index is 0.00000288. The zero-order valence-electron chi connectivity index (χ0n) is 13.5. The van der Waals surface area contributed by atoms with Crippen LogP contribution in [0, 0.1) is 0 Å². The summed E-state index contributed by atoms with van der Waals surface area (Å²) in [7, 11) is 2.85. The van der Waals surface area contributed by atoms with Crippen molar-refractivity contribution in [2.75, 3.05) is 47.0 Å². The molecule has 0 radical (unpaired) electrons. The Labute approximate surface area is 151 Å². The number of benzene rings is 1. The smallest absolute Gasteiger partial charge is 0.289 e. The lowest BCUT2D eigenvalue weighted by molar-refractivity contribution is -0.118. The van der Waals surface area contributed by atoms with Gasteiger partial charge in [0.05, 0.1) is 19.2 Å². The van der Waals surface area contributed by atoms with Gasteiger partial charge in [-0.15, -0.1) is 12.4 Å². The zero-order chi connectivity index (χ0) is 17.0. The minimum Gasteiger partial charge on any atom is -0.493 e. The molecule has 9 heteroatoms. The van der Waals surface area contributed by atoms with Crippen molar-refractivity contribution in [1.82, 2.24) is 10.2 Å². The summed E-state index contributed by atoms with van der Waals surface area (Å²) in [5.41, 5.74) is 0.213. The molecule has 0 bridgehead atoms. The van der Waals surface area contributed by atoms with Crippen molar-refractivity contribution in [1.29, 1.82) is 0 Å². The molecule has 1 aliphatic heterocycles. The van der Waals surface area contributed by atoms with Crippen molar-refractivity contribution < 1.29 is 23.4 Å².